The molecule has 0 N–H and O–H groups in total. The van der Waals surface area contributed by atoms with Crippen LogP contribution in [0.15, 0.2) is 40.7 Å². The molecule has 3 aliphatic rings. The Morgan fingerprint density at radius 3 is 2.37 bits per heavy atom. The number of aliphatic imine (C=N–C) groups is 1. The molecule has 1 aromatic rings. The number of hydrogen-bond acceptors (Lipinski definition) is 7. The van der Waals surface area contributed by atoms with E-state index in [4.69, 9.17) is 14.5 Å². The quantitative estimate of drug-likeness (QED) is 0.706. The molecule has 30 heavy (non-hydrogen) atoms. The van der Waals surface area contributed by atoms with Crippen LogP contribution in [0.5, 0.6) is 5.75 Å². The van der Waals surface area contributed by atoms with Gasteiger partial charge in [-0.2, -0.15) is 0 Å². The maximum absolute atomic E-state index is 13.3. The van der Waals surface area contributed by atoms with Crippen LogP contribution in [0.25, 0.3) is 0 Å². The second-order valence-electron chi connectivity index (χ2n) is 7.64. The maximum atomic E-state index is 13.3. The van der Waals surface area contributed by atoms with Crippen molar-refractivity contribution in [3.05, 3.63) is 41.2 Å². The van der Waals surface area contributed by atoms with Gasteiger partial charge in [-0.25, -0.2) is 9.79 Å². The minimum atomic E-state index is -0.560. The van der Waals surface area contributed by atoms with Gasteiger partial charge in [0, 0.05) is 25.6 Å². The molecule has 1 saturated heterocycles. The van der Waals surface area contributed by atoms with Crippen LogP contribution in [0, 0.1) is 0 Å². The molecular weight excluding hydrogens is 386 g/mol. The number of benzene rings is 1. The molecule has 0 saturated carbocycles. The van der Waals surface area contributed by atoms with Crippen molar-refractivity contribution in [1.29, 1.82) is 0 Å². The Morgan fingerprint density at radius 2 is 1.73 bits per heavy atom. The van der Waals surface area contributed by atoms with Crippen molar-refractivity contribution in [2.24, 2.45) is 4.99 Å². The van der Waals surface area contributed by atoms with Crippen molar-refractivity contribution in [3.8, 4) is 5.75 Å². The number of urea groups is 1. The SMILES string of the molecule is COCCN1C(=O)C2C(N=C3N(Cc4ccc(OC)cc4)C(C)=C(C)N32)N(C)C1=O. The Morgan fingerprint density at radius 1 is 1.03 bits per heavy atom. The summed E-state index contributed by atoms with van der Waals surface area (Å²) in [6.07, 6.45) is -0.541. The molecule has 0 spiro atoms. The number of amides is 3. The van der Waals surface area contributed by atoms with Gasteiger partial charge in [0.05, 0.1) is 26.8 Å². The number of guanidine groups is 1. The third-order valence-corrected chi connectivity index (χ3v) is 6.02. The molecule has 4 rings (SSSR count). The summed E-state index contributed by atoms with van der Waals surface area (Å²) in [5.74, 6) is 1.27. The summed E-state index contributed by atoms with van der Waals surface area (Å²) < 4.78 is 10.3. The van der Waals surface area contributed by atoms with Crippen molar-refractivity contribution in [2.75, 3.05) is 34.4 Å². The number of ether oxygens (including phenoxy) is 2. The summed E-state index contributed by atoms with van der Waals surface area (Å²) in [4.78, 5) is 37.7. The molecule has 3 aliphatic heterocycles. The highest BCUT2D eigenvalue weighted by Crippen LogP contribution is 2.38. The Labute approximate surface area is 176 Å². The number of allylic oxidation sites excluding steroid dienone is 2. The minimum Gasteiger partial charge on any atom is -0.497 e. The van der Waals surface area contributed by atoms with Crippen molar-refractivity contribution in [2.45, 2.75) is 32.6 Å². The van der Waals surface area contributed by atoms with E-state index in [1.807, 2.05) is 43.0 Å². The van der Waals surface area contributed by atoms with E-state index in [-0.39, 0.29) is 18.5 Å². The topological polar surface area (TPSA) is 77.9 Å². The van der Waals surface area contributed by atoms with E-state index < -0.39 is 12.2 Å². The normalized spacial score (nSPS) is 23.3. The summed E-state index contributed by atoms with van der Waals surface area (Å²) in [5, 5.41) is 0. The number of imide groups is 1. The number of hydrogen-bond donors (Lipinski definition) is 0. The van der Waals surface area contributed by atoms with Crippen molar-refractivity contribution >= 4 is 17.9 Å². The van der Waals surface area contributed by atoms with E-state index in [1.165, 1.54) is 4.90 Å². The molecule has 3 heterocycles. The molecule has 0 bridgehead atoms. The van der Waals surface area contributed by atoms with Gasteiger partial charge < -0.3 is 19.3 Å². The van der Waals surface area contributed by atoms with Gasteiger partial charge in [0.25, 0.3) is 5.91 Å². The lowest BCUT2D eigenvalue weighted by Crippen LogP contribution is -2.65. The largest absolute Gasteiger partial charge is 0.497 e. The fraction of sp³-hybridized carbons (Fsp3) is 0.476. The second-order valence-corrected chi connectivity index (χ2v) is 7.64. The molecule has 1 fully saturated rings. The zero-order chi connectivity index (χ0) is 21.6. The molecule has 0 aliphatic carbocycles. The molecule has 9 heteroatoms. The van der Waals surface area contributed by atoms with Gasteiger partial charge in [-0.15, -0.1) is 0 Å². The van der Waals surface area contributed by atoms with Crippen LogP contribution >= 0.6 is 0 Å². The van der Waals surface area contributed by atoms with E-state index >= 15 is 0 Å². The van der Waals surface area contributed by atoms with Gasteiger partial charge in [0.15, 0.2) is 12.2 Å². The van der Waals surface area contributed by atoms with Crippen LogP contribution in [-0.4, -0.2) is 84.1 Å². The predicted octanol–water partition coefficient (Wildman–Crippen LogP) is 1.67. The third kappa shape index (κ3) is 3.00. The highest BCUT2D eigenvalue weighted by Gasteiger charge is 2.55. The molecule has 1 aromatic carbocycles. The number of carbonyl (C=O) groups excluding carboxylic acids is 2. The number of methoxy groups -OCH3 is 2. The molecule has 2 unspecified atom stereocenters. The predicted molar refractivity (Wildman–Crippen MR) is 111 cm³/mol. The number of likely N-dealkylation sites (N-methyl/N-ethyl adjacent to an activating group) is 1. The average molecular weight is 413 g/mol. The smallest absolute Gasteiger partial charge is 0.328 e. The van der Waals surface area contributed by atoms with E-state index in [9.17, 15) is 9.59 Å². The molecule has 3 amide bonds. The van der Waals surface area contributed by atoms with Crippen LogP contribution in [-0.2, 0) is 16.1 Å². The van der Waals surface area contributed by atoms with Crippen LogP contribution in [0.1, 0.15) is 19.4 Å². The standard InChI is InChI=1S/C21H27N5O4/c1-13-14(2)26-17-18(23(3)21(28)24(19(17)27)10-11-29-4)22-20(26)25(13)12-15-6-8-16(30-5)9-7-15/h6-9,17-18H,10-12H2,1-5H3. The van der Waals surface area contributed by atoms with E-state index in [0.29, 0.717) is 19.1 Å². The van der Waals surface area contributed by atoms with E-state index in [0.717, 1.165) is 22.7 Å². The number of rotatable bonds is 6. The molecule has 0 radical (unpaired) electrons. The summed E-state index contributed by atoms with van der Waals surface area (Å²) in [7, 11) is 4.89. The van der Waals surface area contributed by atoms with Crippen LogP contribution in [0.2, 0.25) is 0 Å². The molecule has 160 valence electrons. The summed E-state index contributed by atoms with van der Waals surface area (Å²) in [6.45, 7) is 5.15. The number of fused-ring (bicyclic) bond motifs is 3. The lowest BCUT2D eigenvalue weighted by atomic mass is 10.1. The summed E-state index contributed by atoms with van der Waals surface area (Å²) >= 11 is 0. The monoisotopic (exact) mass is 413 g/mol. The lowest BCUT2D eigenvalue weighted by molar-refractivity contribution is -0.137. The van der Waals surface area contributed by atoms with E-state index in [2.05, 4.69) is 4.90 Å². The Kier molecular flexibility index (Phi) is 5.15. The van der Waals surface area contributed by atoms with Crippen LogP contribution in [0.4, 0.5) is 4.79 Å². The van der Waals surface area contributed by atoms with Gasteiger partial charge in [-0.3, -0.25) is 14.6 Å². The highest BCUT2D eigenvalue weighted by molar-refractivity contribution is 6.05. The zero-order valence-corrected chi connectivity index (χ0v) is 18.0. The molecule has 2 atom stereocenters. The summed E-state index contributed by atoms with van der Waals surface area (Å²) in [5.41, 5.74) is 3.11. The van der Waals surface area contributed by atoms with Crippen molar-refractivity contribution in [3.63, 3.8) is 0 Å². The third-order valence-electron chi connectivity index (χ3n) is 6.02. The molecular formula is C21H27N5O4. The lowest BCUT2D eigenvalue weighted by Gasteiger charge is -2.40. The second kappa shape index (κ2) is 7.64. The van der Waals surface area contributed by atoms with Gasteiger partial charge in [0.2, 0.25) is 5.96 Å². The van der Waals surface area contributed by atoms with E-state index in [1.54, 1.807) is 26.2 Å². The Bertz CT molecular complexity index is 926. The first-order valence-electron chi connectivity index (χ1n) is 9.91. The first kappa shape index (κ1) is 20.2. The van der Waals surface area contributed by atoms with Crippen molar-refractivity contribution < 1.29 is 19.1 Å². The molecule has 0 aromatic heterocycles. The Balaban J connectivity index is 1.63. The molecule has 9 nitrogen and oxygen atoms in total. The van der Waals surface area contributed by atoms with Crippen molar-refractivity contribution in [1.82, 2.24) is 19.6 Å². The summed E-state index contributed by atoms with van der Waals surface area (Å²) in [6, 6.07) is 6.98. The highest BCUT2D eigenvalue weighted by atomic mass is 16.5. The van der Waals surface area contributed by atoms with Gasteiger partial charge in [-0.05, 0) is 31.5 Å². The first-order chi connectivity index (χ1) is 14.4. The van der Waals surface area contributed by atoms with Gasteiger partial charge in [0.1, 0.15) is 5.75 Å². The van der Waals surface area contributed by atoms with Crippen LogP contribution < -0.4 is 4.74 Å². The number of nitrogens with zero attached hydrogens (tertiary/aromatic N) is 5. The number of carbonyl (C=O) groups is 2. The maximum Gasteiger partial charge on any atom is 0.328 e. The minimum absolute atomic E-state index is 0.224. The van der Waals surface area contributed by atoms with Gasteiger partial charge in [-0.1, -0.05) is 12.1 Å². The average Bonchev–Trinajstić information content (AvgIpc) is 3.25. The zero-order valence-electron chi connectivity index (χ0n) is 18.0. The van der Waals surface area contributed by atoms with Gasteiger partial charge >= 0.3 is 6.03 Å². The fourth-order valence-electron chi connectivity index (χ4n) is 4.17. The fourth-order valence-corrected chi connectivity index (χ4v) is 4.17. The first-order valence-corrected chi connectivity index (χ1v) is 9.91. The Hall–Kier alpha value is -3.07. The van der Waals surface area contributed by atoms with Crippen LogP contribution in [0.3, 0.4) is 0 Å².